The summed E-state index contributed by atoms with van der Waals surface area (Å²) >= 11 is 3.04. The van der Waals surface area contributed by atoms with Gasteiger partial charge in [0.1, 0.15) is 16.6 Å². The van der Waals surface area contributed by atoms with Crippen LogP contribution in [0.3, 0.4) is 0 Å². The molecule has 0 radical (unpaired) electrons. The lowest BCUT2D eigenvalue weighted by molar-refractivity contribution is 0.181. The number of thiazole rings is 1. The number of thioether (sulfide) groups is 1. The summed E-state index contributed by atoms with van der Waals surface area (Å²) in [5, 5.41) is 11.6. The molecule has 2 heterocycles. The largest absolute Gasteiger partial charge is 0.481 e. The fourth-order valence-electron chi connectivity index (χ4n) is 2.43. The van der Waals surface area contributed by atoms with Crippen LogP contribution in [0.2, 0.25) is 0 Å². The molecule has 4 rings (SSSR count). The second kappa shape index (κ2) is 8.53. The molecule has 5 nitrogen and oxygen atoms in total. The van der Waals surface area contributed by atoms with E-state index in [-0.39, 0.29) is 5.82 Å². The van der Waals surface area contributed by atoms with Crippen LogP contribution in [0.15, 0.2) is 69.6 Å². The van der Waals surface area contributed by atoms with E-state index < -0.39 is 6.10 Å². The van der Waals surface area contributed by atoms with Crippen molar-refractivity contribution in [2.24, 2.45) is 0 Å². The Hall–Kier alpha value is -2.71. The average Bonchev–Trinajstić information content (AvgIpc) is 3.38. The summed E-state index contributed by atoms with van der Waals surface area (Å²) in [4.78, 5) is 4.65. The van der Waals surface area contributed by atoms with Crippen molar-refractivity contribution in [1.29, 1.82) is 0 Å². The predicted molar refractivity (Wildman–Crippen MR) is 107 cm³/mol. The molecule has 1 atom stereocenters. The molecule has 0 aliphatic carbocycles. The van der Waals surface area contributed by atoms with Gasteiger partial charge < -0.3 is 9.15 Å². The van der Waals surface area contributed by atoms with Gasteiger partial charge in [0, 0.05) is 16.7 Å². The van der Waals surface area contributed by atoms with Gasteiger partial charge in [0.2, 0.25) is 0 Å². The first-order valence-corrected chi connectivity index (χ1v) is 10.4. The van der Waals surface area contributed by atoms with Crippen LogP contribution in [0.5, 0.6) is 5.75 Å². The third kappa shape index (κ3) is 4.58. The molecule has 0 saturated carbocycles. The van der Waals surface area contributed by atoms with Crippen molar-refractivity contribution in [1.82, 2.24) is 15.2 Å². The van der Waals surface area contributed by atoms with E-state index in [1.54, 1.807) is 30.4 Å². The topological polar surface area (TPSA) is 61.0 Å². The van der Waals surface area contributed by atoms with Gasteiger partial charge in [-0.3, -0.25) is 0 Å². The number of nitrogens with zero attached hydrogens (tertiary/aromatic N) is 3. The van der Waals surface area contributed by atoms with E-state index in [9.17, 15) is 4.39 Å². The maximum atomic E-state index is 13.0. The highest BCUT2D eigenvalue weighted by molar-refractivity contribution is 7.98. The van der Waals surface area contributed by atoms with Gasteiger partial charge in [-0.15, -0.1) is 21.5 Å². The Balaban J connectivity index is 1.35. The van der Waals surface area contributed by atoms with Crippen LogP contribution in [0.4, 0.5) is 4.39 Å². The zero-order chi connectivity index (χ0) is 19.3. The highest BCUT2D eigenvalue weighted by Crippen LogP contribution is 2.29. The Morgan fingerprint density at radius 3 is 2.68 bits per heavy atom. The quantitative estimate of drug-likeness (QED) is 0.359. The van der Waals surface area contributed by atoms with Crippen molar-refractivity contribution in [2.75, 3.05) is 0 Å². The molecule has 8 heteroatoms. The molecular formula is C20H16FN3O2S2. The molecule has 1 unspecified atom stereocenters. The smallest absolute Gasteiger partial charge is 0.277 e. The summed E-state index contributed by atoms with van der Waals surface area (Å²) < 4.78 is 24.3. The molecule has 2 aromatic carbocycles. The number of hydrogen-bond donors (Lipinski definition) is 0. The fraction of sp³-hybridized carbons (Fsp3) is 0.150. The number of rotatable bonds is 7. The second-order valence-corrected chi connectivity index (χ2v) is 7.70. The van der Waals surface area contributed by atoms with Gasteiger partial charge in [0.15, 0.2) is 6.10 Å². The number of hydrogen-bond acceptors (Lipinski definition) is 7. The summed E-state index contributed by atoms with van der Waals surface area (Å²) in [7, 11) is 0. The van der Waals surface area contributed by atoms with Crippen molar-refractivity contribution in [3.8, 4) is 16.3 Å². The standard InChI is InChI=1S/C20H16FN3O2S2/c1-13(25-17-9-7-15(21)8-10-17)18-23-24-20(26-18)28-12-16-11-27-19(22-16)14-5-3-2-4-6-14/h2-11,13H,12H2,1H3. The minimum atomic E-state index is -0.434. The summed E-state index contributed by atoms with van der Waals surface area (Å²) in [6.07, 6.45) is -0.434. The lowest BCUT2D eigenvalue weighted by atomic mass is 10.2. The van der Waals surface area contributed by atoms with Gasteiger partial charge in [0.05, 0.1) is 5.69 Å². The van der Waals surface area contributed by atoms with Gasteiger partial charge in [-0.25, -0.2) is 9.37 Å². The van der Waals surface area contributed by atoms with Crippen molar-refractivity contribution >= 4 is 23.1 Å². The van der Waals surface area contributed by atoms with E-state index in [2.05, 4.69) is 15.2 Å². The normalized spacial score (nSPS) is 12.1. The highest BCUT2D eigenvalue weighted by Gasteiger charge is 2.16. The van der Waals surface area contributed by atoms with Crippen LogP contribution in [-0.4, -0.2) is 15.2 Å². The van der Waals surface area contributed by atoms with Crippen LogP contribution in [0, 0.1) is 5.82 Å². The van der Waals surface area contributed by atoms with Crippen LogP contribution in [0.1, 0.15) is 24.6 Å². The summed E-state index contributed by atoms with van der Waals surface area (Å²) in [6.45, 7) is 1.80. The molecule has 0 bridgehead atoms. The molecule has 28 heavy (non-hydrogen) atoms. The Kier molecular flexibility index (Phi) is 5.68. The molecule has 142 valence electrons. The number of aromatic nitrogens is 3. The monoisotopic (exact) mass is 413 g/mol. The van der Waals surface area contributed by atoms with Gasteiger partial charge in [-0.2, -0.15) is 0 Å². The fourth-order valence-corrected chi connectivity index (χ4v) is 4.03. The van der Waals surface area contributed by atoms with Gasteiger partial charge in [-0.05, 0) is 31.2 Å². The zero-order valence-corrected chi connectivity index (χ0v) is 16.5. The predicted octanol–water partition coefficient (Wildman–Crippen LogP) is 5.76. The van der Waals surface area contributed by atoms with Crippen molar-refractivity contribution < 1.29 is 13.5 Å². The first kappa shape index (κ1) is 18.6. The van der Waals surface area contributed by atoms with E-state index in [1.807, 2.05) is 35.7 Å². The van der Waals surface area contributed by atoms with E-state index >= 15 is 0 Å². The summed E-state index contributed by atoms with van der Waals surface area (Å²) in [6, 6.07) is 15.9. The molecule has 0 spiro atoms. The molecule has 0 fully saturated rings. The number of benzene rings is 2. The zero-order valence-electron chi connectivity index (χ0n) is 14.9. The molecule has 0 saturated heterocycles. The van der Waals surface area contributed by atoms with Gasteiger partial charge >= 0.3 is 0 Å². The summed E-state index contributed by atoms with van der Waals surface area (Å²) in [5.74, 6) is 1.24. The molecule has 0 aliphatic heterocycles. The lowest BCUT2D eigenvalue weighted by Gasteiger charge is -2.10. The minimum absolute atomic E-state index is 0.311. The highest BCUT2D eigenvalue weighted by atomic mass is 32.2. The summed E-state index contributed by atoms with van der Waals surface area (Å²) in [5.41, 5.74) is 2.07. The maximum Gasteiger partial charge on any atom is 0.277 e. The van der Waals surface area contributed by atoms with E-state index in [4.69, 9.17) is 9.15 Å². The van der Waals surface area contributed by atoms with Crippen LogP contribution >= 0.6 is 23.1 Å². The molecule has 2 aromatic heterocycles. The Labute approximate surface area is 169 Å². The van der Waals surface area contributed by atoms with Crippen molar-refractivity contribution in [3.05, 3.63) is 77.4 Å². The average molecular weight is 413 g/mol. The third-order valence-corrected chi connectivity index (χ3v) is 5.60. The third-order valence-electron chi connectivity index (χ3n) is 3.81. The lowest BCUT2D eigenvalue weighted by Crippen LogP contribution is -2.03. The van der Waals surface area contributed by atoms with Gasteiger partial charge in [0.25, 0.3) is 11.1 Å². The van der Waals surface area contributed by atoms with E-state index in [1.165, 1.54) is 23.9 Å². The van der Waals surface area contributed by atoms with Crippen LogP contribution in [0.25, 0.3) is 10.6 Å². The maximum absolute atomic E-state index is 13.0. The molecular weight excluding hydrogens is 397 g/mol. The van der Waals surface area contributed by atoms with E-state index in [0.29, 0.717) is 22.6 Å². The Morgan fingerprint density at radius 2 is 1.89 bits per heavy atom. The van der Waals surface area contributed by atoms with Crippen LogP contribution in [-0.2, 0) is 5.75 Å². The molecule has 0 amide bonds. The van der Waals surface area contributed by atoms with Crippen LogP contribution < -0.4 is 4.74 Å². The molecule has 4 aromatic rings. The number of halogens is 1. The Bertz CT molecular complexity index is 1040. The van der Waals surface area contributed by atoms with Gasteiger partial charge in [-0.1, -0.05) is 42.1 Å². The molecule has 0 aliphatic rings. The Morgan fingerprint density at radius 1 is 1.11 bits per heavy atom. The minimum Gasteiger partial charge on any atom is -0.481 e. The van der Waals surface area contributed by atoms with Crippen molar-refractivity contribution in [2.45, 2.75) is 24.0 Å². The van der Waals surface area contributed by atoms with Crippen molar-refractivity contribution in [3.63, 3.8) is 0 Å². The van der Waals surface area contributed by atoms with E-state index in [0.717, 1.165) is 16.3 Å². The number of ether oxygens (including phenoxy) is 1. The molecule has 0 N–H and O–H groups in total. The first-order valence-electron chi connectivity index (χ1n) is 8.55. The first-order chi connectivity index (χ1) is 13.7. The SMILES string of the molecule is CC(Oc1ccc(F)cc1)c1nnc(SCc2csc(-c3ccccc3)n2)o1. The second-order valence-electron chi connectivity index (χ2n) is 5.92.